The van der Waals surface area contributed by atoms with Gasteiger partial charge in [0, 0.05) is 25.6 Å². The smallest absolute Gasteiger partial charge is 0.362 e. The van der Waals surface area contributed by atoms with Gasteiger partial charge in [-0.1, -0.05) is 0 Å². The van der Waals surface area contributed by atoms with Crippen LogP contribution in [-0.4, -0.2) is 26.6 Å². The molecule has 0 spiro atoms. The number of rotatable bonds is 4. The van der Waals surface area contributed by atoms with Gasteiger partial charge in [0.05, 0.1) is 0 Å². The quantitative estimate of drug-likeness (QED) is 0.640. The van der Waals surface area contributed by atoms with Gasteiger partial charge in [-0.2, -0.15) is 0 Å². The zero-order valence-electron chi connectivity index (χ0n) is 11.4. The molecule has 0 aliphatic heterocycles. The summed E-state index contributed by atoms with van der Waals surface area (Å²) in [6.45, 7) is 4.42. The van der Waals surface area contributed by atoms with Crippen LogP contribution in [0, 0.1) is 17.0 Å². The van der Waals surface area contributed by atoms with E-state index in [2.05, 4.69) is 10.3 Å². The highest BCUT2D eigenvalue weighted by Gasteiger charge is 2.28. The van der Waals surface area contributed by atoms with Gasteiger partial charge in [-0.3, -0.25) is 4.57 Å². The van der Waals surface area contributed by atoms with Crippen LogP contribution < -0.4 is 11.1 Å². The monoisotopic (exact) mass is 267 g/mol. The standard InChI is InChI=1S/C12H21N5O2/c1-3-16-8(2)14-12(17(18)19)11(16)15-10-6-4-9(13)5-7-10/h9-10,15H,3-7,13H2,1-2H3. The van der Waals surface area contributed by atoms with Gasteiger partial charge in [0.25, 0.3) is 0 Å². The molecule has 19 heavy (non-hydrogen) atoms. The van der Waals surface area contributed by atoms with Crippen LogP contribution >= 0.6 is 0 Å². The van der Waals surface area contributed by atoms with E-state index in [4.69, 9.17) is 5.73 Å². The maximum Gasteiger partial charge on any atom is 0.406 e. The van der Waals surface area contributed by atoms with Crippen LogP contribution in [0.1, 0.15) is 38.4 Å². The van der Waals surface area contributed by atoms with Crippen molar-refractivity contribution >= 4 is 11.6 Å². The van der Waals surface area contributed by atoms with Crippen LogP contribution in [-0.2, 0) is 6.54 Å². The Morgan fingerprint density at radius 1 is 1.47 bits per heavy atom. The molecule has 106 valence electrons. The van der Waals surface area contributed by atoms with E-state index in [1.165, 1.54) is 0 Å². The highest BCUT2D eigenvalue weighted by molar-refractivity contribution is 5.54. The van der Waals surface area contributed by atoms with Crippen molar-refractivity contribution in [2.75, 3.05) is 5.32 Å². The number of nitrogens with one attached hydrogen (secondary N) is 1. The van der Waals surface area contributed by atoms with E-state index in [0.29, 0.717) is 18.2 Å². The van der Waals surface area contributed by atoms with E-state index in [-0.39, 0.29) is 17.9 Å². The first kappa shape index (κ1) is 13.8. The van der Waals surface area contributed by atoms with Crippen LogP contribution in [0.25, 0.3) is 0 Å². The van der Waals surface area contributed by atoms with Crippen molar-refractivity contribution in [1.82, 2.24) is 9.55 Å². The first-order valence-electron chi connectivity index (χ1n) is 6.76. The summed E-state index contributed by atoms with van der Waals surface area (Å²) in [6.07, 6.45) is 3.83. The van der Waals surface area contributed by atoms with Gasteiger partial charge in [-0.05, 0) is 42.5 Å². The topological polar surface area (TPSA) is 99.0 Å². The largest absolute Gasteiger partial charge is 0.406 e. The Morgan fingerprint density at radius 2 is 2.11 bits per heavy atom. The predicted octanol–water partition coefficient (Wildman–Crippen LogP) is 1.80. The fraction of sp³-hybridized carbons (Fsp3) is 0.750. The molecule has 1 aliphatic rings. The van der Waals surface area contributed by atoms with Crippen LogP contribution in [0.4, 0.5) is 11.6 Å². The minimum atomic E-state index is -0.421. The maximum atomic E-state index is 11.1. The second-order valence-corrected chi connectivity index (χ2v) is 5.09. The van der Waals surface area contributed by atoms with Gasteiger partial charge in [0.15, 0.2) is 0 Å². The minimum absolute atomic E-state index is 0.0748. The number of nitro groups is 1. The number of imidazole rings is 1. The summed E-state index contributed by atoms with van der Waals surface area (Å²) < 4.78 is 1.85. The maximum absolute atomic E-state index is 11.1. The Hall–Kier alpha value is -1.63. The van der Waals surface area contributed by atoms with Crippen LogP contribution in [0.2, 0.25) is 0 Å². The Balaban J connectivity index is 2.20. The number of anilines is 1. The summed E-state index contributed by atoms with van der Waals surface area (Å²) in [5.41, 5.74) is 5.88. The number of nitrogens with zero attached hydrogens (tertiary/aromatic N) is 3. The first-order chi connectivity index (χ1) is 9.02. The second kappa shape index (κ2) is 5.56. The SMILES string of the molecule is CCn1c(C)nc([N+](=O)[O-])c1NC1CCC(N)CC1. The third kappa shape index (κ3) is 2.86. The molecule has 7 heteroatoms. The lowest BCUT2D eigenvalue weighted by Gasteiger charge is -2.27. The van der Waals surface area contributed by atoms with Gasteiger partial charge < -0.3 is 21.2 Å². The zero-order chi connectivity index (χ0) is 14.0. The predicted molar refractivity (Wildman–Crippen MR) is 73.1 cm³/mol. The fourth-order valence-electron chi connectivity index (χ4n) is 2.66. The first-order valence-corrected chi connectivity index (χ1v) is 6.76. The molecule has 0 bridgehead atoms. The van der Waals surface area contributed by atoms with Gasteiger partial charge >= 0.3 is 5.82 Å². The molecule has 0 atom stereocenters. The molecule has 2 rings (SSSR count). The van der Waals surface area contributed by atoms with Crippen molar-refractivity contribution in [2.24, 2.45) is 5.73 Å². The number of aryl methyl sites for hydroxylation is 1. The van der Waals surface area contributed by atoms with Crippen molar-refractivity contribution in [3.8, 4) is 0 Å². The summed E-state index contributed by atoms with van der Waals surface area (Å²) in [4.78, 5) is 14.7. The molecular formula is C12H21N5O2. The molecule has 0 unspecified atom stereocenters. The van der Waals surface area contributed by atoms with E-state index in [1.807, 2.05) is 11.5 Å². The second-order valence-electron chi connectivity index (χ2n) is 5.09. The average Bonchev–Trinajstić information content (AvgIpc) is 2.68. The van der Waals surface area contributed by atoms with Crippen LogP contribution in [0.5, 0.6) is 0 Å². The lowest BCUT2D eigenvalue weighted by Crippen LogP contribution is -2.33. The molecule has 1 heterocycles. The molecule has 1 saturated carbocycles. The third-order valence-corrected chi connectivity index (χ3v) is 3.74. The molecule has 0 amide bonds. The van der Waals surface area contributed by atoms with Gasteiger partial charge in [0.1, 0.15) is 0 Å². The number of aromatic nitrogens is 2. The average molecular weight is 267 g/mol. The van der Waals surface area contributed by atoms with Crippen molar-refractivity contribution < 1.29 is 4.92 Å². The Morgan fingerprint density at radius 3 is 2.63 bits per heavy atom. The molecule has 1 aliphatic carbocycles. The molecule has 0 saturated heterocycles. The van der Waals surface area contributed by atoms with Crippen LogP contribution in [0.15, 0.2) is 0 Å². The lowest BCUT2D eigenvalue weighted by molar-refractivity contribution is -0.388. The van der Waals surface area contributed by atoms with Crippen LogP contribution in [0.3, 0.4) is 0 Å². The summed E-state index contributed by atoms with van der Waals surface area (Å²) in [5, 5.41) is 14.4. The summed E-state index contributed by atoms with van der Waals surface area (Å²) in [5.74, 6) is 1.13. The normalized spacial score (nSPS) is 23.3. The highest BCUT2D eigenvalue weighted by atomic mass is 16.6. The molecule has 1 fully saturated rings. The summed E-state index contributed by atoms with van der Waals surface area (Å²) >= 11 is 0. The number of nitrogens with two attached hydrogens (primary N) is 1. The number of hydrogen-bond acceptors (Lipinski definition) is 5. The Labute approximate surface area is 112 Å². The summed E-state index contributed by atoms with van der Waals surface area (Å²) in [6, 6.07) is 0.519. The molecule has 7 nitrogen and oxygen atoms in total. The zero-order valence-corrected chi connectivity index (χ0v) is 11.4. The van der Waals surface area contributed by atoms with E-state index in [9.17, 15) is 10.1 Å². The summed E-state index contributed by atoms with van der Waals surface area (Å²) in [7, 11) is 0. The minimum Gasteiger partial charge on any atom is -0.362 e. The Kier molecular flexibility index (Phi) is 4.04. The number of hydrogen-bond donors (Lipinski definition) is 2. The molecular weight excluding hydrogens is 246 g/mol. The Bertz CT molecular complexity index is 463. The third-order valence-electron chi connectivity index (χ3n) is 3.74. The van der Waals surface area contributed by atoms with Gasteiger partial charge in [0.2, 0.25) is 11.6 Å². The van der Waals surface area contributed by atoms with Crippen molar-refractivity contribution in [3.05, 3.63) is 15.9 Å². The van der Waals surface area contributed by atoms with Crippen molar-refractivity contribution in [2.45, 2.75) is 58.2 Å². The van der Waals surface area contributed by atoms with Gasteiger partial charge in [-0.15, -0.1) is 0 Å². The molecule has 1 aromatic rings. The van der Waals surface area contributed by atoms with E-state index in [0.717, 1.165) is 25.7 Å². The molecule has 0 aromatic carbocycles. The van der Waals surface area contributed by atoms with E-state index in [1.54, 1.807) is 6.92 Å². The van der Waals surface area contributed by atoms with E-state index < -0.39 is 4.92 Å². The van der Waals surface area contributed by atoms with Crippen molar-refractivity contribution in [1.29, 1.82) is 0 Å². The van der Waals surface area contributed by atoms with Crippen molar-refractivity contribution in [3.63, 3.8) is 0 Å². The lowest BCUT2D eigenvalue weighted by atomic mass is 9.92. The highest BCUT2D eigenvalue weighted by Crippen LogP contribution is 2.28. The van der Waals surface area contributed by atoms with Gasteiger partial charge in [-0.25, -0.2) is 0 Å². The molecule has 0 radical (unpaired) electrons. The molecule has 1 aromatic heterocycles. The molecule has 3 N–H and O–H groups in total. The fourth-order valence-corrected chi connectivity index (χ4v) is 2.66. The van der Waals surface area contributed by atoms with E-state index >= 15 is 0 Å².